The minimum atomic E-state index is -0.663. The molecule has 0 radical (unpaired) electrons. The van der Waals surface area contributed by atoms with Gasteiger partial charge >= 0.3 is 5.97 Å². The third-order valence-electron chi connectivity index (χ3n) is 5.27. The Bertz CT molecular complexity index is 1120. The molecule has 1 amide bonds. The highest BCUT2D eigenvalue weighted by molar-refractivity contribution is 5.96. The lowest BCUT2D eigenvalue weighted by Crippen LogP contribution is -2.35. The first kappa shape index (κ1) is 20.8. The summed E-state index contributed by atoms with van der Waals surface area (Å²) < 4.78 is 22.0. The maximum absolute atomic E-state index is 12.5. The average Bonchev–Trinajstić information content (AvgIpc) is 3.12. The summed E-state index contributed by atoms with van der Waals surface area (Å²) >= 11 is 0. The van der Waals surface area contributed by atoms with Crippen molar-refractivity contribution in [3.8, 4) is 11.5 Å². The number of esters is 1. The van der Waals surface area contributed by atoms with Gasteiger partial charge in [-0.25, -0.2) is 4.79 Å². The molecular weight excluding hydrogens is 398 g/mol. The summed E-state index contributed by atoms with van der Waals surface area (Å²) in [6, 6.07) is 12.7. The zero-order valence-electron chi connectivity index (χ0n) is 17.8. The van der Waals surface area contributed by atoms with E-state index in [-0.39, 0.29) is 17.7 Å². The molecule has 4 rings (SSSR count). The highest BCUT2D eigenvalue weighted by Crippen LogP contribution is 2.34. The van der Waals surface area contributed by atoms with E-state index in [1.807, 2.05) is 50.2 Å². The molecule has 0 aliphatic carbocycles. The first-order chi connectivity index (χ1) is 14.9. The van der Waals surface area contributed by atoms with E-state index in [0.717, 1.165) is 10.9 Å². The zero-order chi connectivity index (χ0) is 22.0. The Morgan fingerprint density at radius 1 is 1.06 bits per heavy atom. The van der Waals surface area contributed by atoms with Crippen LogP contribution >= 0.6 is 0 Å². The second kappa shape index (κ2) is 8.71. The lowest BCUT2D eigenvalue weighted by molar-refractivity contribution is -0.125. The molecule has 0 bridgehead atoms. The Hall–Kier alpha value is -3.48. The van der Waals surface area contributed by atoms with E-state index in [4.69, 9.17) is 18.6 Å². The van der Waals surface area contributed by atoms with Crippen LogP contribution in [-0.4, -0.2) is 31.7 Å². The summed E-state index contributed by atoms with van der Waals surface area (Å²) in [6.45, 7) is 6.42. The lowest BCUT2D eigenvalue weighted by Gasteiger charge is -2.25. The molecule has 1 aliphatic rings. The van der Waals surface area contributed by atoms with E-state index in [0.29, 0.717) is 35.9 Å². The minimum Gasteiger partial charge on any atom is -0.486 e. The predicted molar refractivity (Wildman–Crippen MR) is 114 cm³/mol. The number of furan rings is 1. The van der Waals surface area contributed by atoms with Gasteiger partial charge in [0.25, 0.3) is 5.91 Å². The van der Waals surface area contributed by atoms with Gasteiger partial charge in [0.05, 0.1) is 6.04 Å². The second-order valence-corrected chi connectivity index (χ2v) is 7.82. The smallest absolute Gasteiger partial charge is 0.375 e. The minimum absolute atomic E-state index is 0.111. The normalized spacial score (nSPS) is 13.8. The number of amides is 1. The number of para-hydroxylation sites is 1. The van der Waals surface area contributed by atoms with Gasteiger partial charge in [-0.15, -0.1) is 0 Å². The molecule has 0 saturated heterocycles. The molecule has 7 nitrogen and oxygen atoms in total. The topological polar surface area (TPSA) is 87.0 Å². The van der Waals surface area contributed by atoms with Crippen LogP contribution in [0, 0.1) is 12.8 Å². The molecule has 2 aromatic carbocycles. The maximum Gasteiger partial charge on any atom is 0.375 e. The molecule has 31 heavy (non-hydrogen) atoms. The molecule has 0 fully saturated rings. The van der Waals surface area contributed by atoms with Gasteiger partial charge < -0.3 is 23.9 Å². The number of aryl methyl sites for hydroxylation is 1. The molecule has 1 N–H and O–H groups in total. The van der Waals surface area contributed by atoms with Crippen LogP contribution in [0.1, 0.15) is 41.6 Å². The monoisotopic (exact) mass is 423 g/mol. The molecular formula is C24H25NO6. The predicted octanol–water partition coefficient (Wildman–Crippen LogP) is 4.18. The van der Waals surface area contributed by atoms with Gasteiger partial charge in [-0.05, 0) is 36.6 Å². The van der Waals surface area contributed by atoms with Gasteiger partial charge in [-0.2, -0.15) is 0 Å². The molecule has 3 aromatic rings. The Morgan fingerprint density at radius 3 is 2.55 bits per heavy atom. The summed E-state index contributed by atoms with van der Waals surface area (Å²) in [5, 5.41) is 3.79. The standard InChI is InChI=1S/C24H25NO6/c1-14(2)22(16-8-9-19-20(12-16)29-11-10-28-19)25-21(26)13-30-24(27)23-15(3)17-6-4-5-7-18(17)31-23/h4-9,12,14,22H,10-11,13H2,1-3H3,(H,25,26)/t22-/m0/s1. The van der Waals surface area contributed by atoms with Crippen molar-refractivity contribution >= 4 is 22.8 Å². The van der Waals surface area contributed by atoms with Crippen LogP contribution in [-0.2, 0) is 9.53 Å². The Balaban J connectivity index is 1.41. The largest absolute Gasteiger partial charge is 0.486 e. The van der Waals surface area contributed by atoms with Gasteiger partial charge in [0.1, 0.15) is 18.8 Å². The van der Waals surface area contributed by atoms with Crippen molar-refractivity contribution in [3.05, 3.63) is 59.4 Å². The van der Waals surface area contributed by atoms with Crippen molar-refractivity contribution in [2.24, 2.45) is 5.92 Å². The lowest BCUT2D eigenvalue weighted by atomic mass is 9.95. The van der Waals surface area contributed by atoms with Crippen LogP contribution in [0.2, 0.25) is 0 Å². The molecule has 7 heteroatoms. The van der Waals surface area contributed by atoms with Crippen LogP contribution in [0.15, 0.2) is 46.9 Å². The van der Waals surface area contributed by atoms with Crippen molar-refractivity contribution in [1.82, 2.24) is 5.32 Å². The average molecular weight is 423 g/mol. The quantitative estimate of drug-likeness (QED) is 0.599. The first-order valence-electron chi connectivity index (χ1n) is 10.3. The highest BCUT2D eigenvalue weighted by atomic mass is 16.6. The summed E-state index contributed by atoms with van der Waals surface area (Å²) in [6.07, 6.45) is 0. The van der Waals surface area contributed by atoms with Crippen LogP contribution in [0.4, 0.5) is 0 Å². The second-order valence-electron chi connectivity index (χ2n) is 7.82. The number of ether oxygens (including phenoxy) is 3. The van der Waals surface area contributed by atoms with Gasteiger partial charge in [0.15, 0.2) is 18.1 Å². The van der Waals surface area contributed by atoms with Crippen LogP contribution in [0.25, 0.3) is 11.0 Å². The molecule has 0 unspecified atom stereocenters. The molecule has 1 aliphatic heterocycles. The van der Waals surface area contributed by atoms with E-state index in [1.165, 1.54) is 0 Å². The number of carbonyl (C=O) groups excluding carboxylic acids is 2. The van der Waals surface area contributed by atoms with Crippen molar-refractivity contribution in [1.29, 1.82) is 0 Å². The first-order valence-corrected chi connectivity index (χ1v) is 10.3. The number of benzene rings is 2. The Morgan fingerprint density at radius 2 is 1.81 bits per heavy atom. The highest BCUT2D eigenvalue weighted by Gasteiger charge is 2.23. The summed E-state index contributed by atoms with van der Waals surface area (Å²) in [7, 11) is 0. The number of fused-ring (bicyclic) bond motifs is 2. The zero-order valence-corrected chi connectivity index (χ0v) is 17.8. The van der Waals surface area contributed by atoms with Crippen LogP contribution in [0.3, 0.4) is 0 Å². The third-order valence-corrected chi connectivity index (χ3v) is 5.27. The number of carbonyl (C=O) groups is 2. The van der Waals surface area contributed by atoms with Crippen molar-refractivity contribution in [2.75, 3.05) is 19.8 Å². The third kappa shape index (κ3) is 4.35. The fourth-order valence-electron chi connectivity index (χ4n) is 3.67. The van der Waals surface area contributed by atoms with Crippen molar-refractivity contribution < 1.29 is 28.2 Å². The molecule has 2 heterocycles. The number of hydrogen-bond acceptors (Lipinski definition) is 6. The fourth-order valence-corrected chi connectivity index (χ4v) is 3.67. The van der Waals surface area contributed by atoms with E-state index >= 15 is 0 Å². The Kier molecular flexibility index (Phi) is 5.84. The maximum atomic E-state index is 12.5. The number of hydrogen-bond donors (Lipinski definition) is 1. The summed E-state index contributed by atoms with van der Waals surface area (Å²) in [5.74, 6) is 0.524. The van der Waals surface area contributed by atoms with Gasteiger partial charge in [-0.1, -0.05) is 38.1 Å². The summed E-state index contributed by atoms with van der Waals surface area (Å²) in [5.41, 5.74) is 2.19. The molecule has 0 saturated carbocycles. The van der Waals surface area contributed by atoms with E-state index in [1.54, 1.807) is 13.0 Å². The molecule has 1 atom stereocenters. The van der Waals surface area contributed by atoms with E-state index in [9.17, 15) is 9.59 Å². The molecule has 1 aromatic heterocycles. The SMILES string of the molecule is Cc1c(C(=O)OCC(=O)N[C@H](c2ccc3c(c2)OCCO3)C(C)C)oc2ccccc12. The van der Waals surface area contributed by atoms with Crippen LogP contribution < -0.4 is 14.8 Å². The Labute approximate surface area is 180 Å². The van der Waals surface area contributed by atoms with Gasteiger partial charge in [0.2, 0.25) is 5.76 Å². The van der Waals surface area contributed by atoms with Gasteiger partial charge in [-0.3, -0.25) is 4.79 Å². The summed E-state index contributed by atoms with van der Waals surface area (Å²) in [4.78, 5) is 25.0. The molecule has 0 spiro atoms. The van der Waals surface area contributed by atoms with Crippen LogP contribution in [0.5, 0.6) is 11.5 Å². The van der Waals surface area contributed by atoms with Crippen molar-refractivity contribution in [3.63, 3.8) is 0 Å². The van der Waals surface area contributed by atoms with Crippen molar-refractivity contribution in [2.45, 2.75) is 26.8 Å². The number of nitrogens with one attached hydrogen (secondary N) is 1. The molecule has 162 valence electrons. The van der Waals surface area contributed by atoms with E-state index in [2.05, 4.69) is 5.32 Å². The fraction of sp³-hybridized carbons (Fsp3) is 0.333. The number of rotatable bonds is 6. The van der Waals surface area contributed by atoms with Gasteiger partial charge in [0, 0.05) is 10.9 Å². The van der Waals surface area contributed by atoms with E-state index < -0.39 is 18.5 Å².